The molecule has 0 radical (unpaired) electrons. The van der Waals surface area contributed by atoms with E-state index in [1.807, 2.05) is 11.8 Å². The fourth-order valence-corrected chi connectivity index (χ4v) is 1.73. The van der Waals surface area contributed by atoms with E-state index in [2.05, 4.69) is 30.4 Å². The van der Waals surface area contributed by atoms with Crippen LogP contribution in [-0.2, 0) is 4.74 Å². The number of thioether (sulfide) groups is 1. The second kappa shape index (κ2) is 9.77. The van der Waals surface area contributed by atoms with Gasteiger partial charge in [0.2, 0.25) is 0 Å². The molecule has 0 spiro atoms. The molecule has 0 aliphatic rings. The van der Waals surface area contributed by atoms with Crippen LogP contribution in [0.1, 0.15) is 6.92 Å². The van der Waals surface area contributed by atoms with E-state index < -0.39 is 0 Å². The van der Waals surface area contributed by atoms with Crippen LogP contribution in [0.5, 0.6) is 0 Å². The molecule has 0 aromatic rings. The molecule has 14 heavy (non-hydrogen) atoms. The van der Waals surface area contributed by atoms with Crippen LogP contribution in [0.2, 0.25) is 0 Å². The van der Waals surface area contributed by atoms with Crippen LogP contribution < -0.4 is 5.32 Å². The molecule has 0 heterocycles. The summed E-state index contributed by atoms with van der Waals surface area (Å²) < 4.78 is 5.21. The van der Waals surface area contributed by atoms with E-state index in [4.69, 9.17) is 4.74 Å². The van der Waals surface area contributed by atoms with Gasteiger partial charge >= 0.3 is 0 Å². The van der Waals surface area contributed by atoms with Gasteiger partial charge in [0.15, 0.2) is 0 Å². The van der Waals surface area contributed by atoms with E-state index in [-0.39, 0.29) is 0 Å². The largest absolute Gasteiger partial charge is 0.383 e. The third kappa shape index (κ3) is 6.65. The molecule has 0 aliphatic heterocycles. The highest BCUT2D eigenvalue weighted by Gasteiger charge is 2.12. The molecule has 1 N–H and O–H groups in total. The minimum atomic E-state index is 0.493. The van der Waals surface area contributed by atoms with Gasteiger partial charge in [-0.1, -0.05) is 6.92 Å². The highest BCUT2D eigenvalue weighted by molar-refractivity contribution is 7.98. The Balaban J connectivity index is 3.77. The molecule has 3 nitrogen and oxygen atoms in total. The van der Waals surface area contributed by atoms with Crippen molar-refractivity contribution in [3.63, 3.8) is 0 Å². The summed E-state index contributed by atoms with van der Waals surface area (Å²) in [6.07, 6.45) is 2.14. The Morgan fingerprint density at radius 1 is 1.50 bits per heavy atom. The van der Waals surface area contributed by atoms with Gasteiger partial charge in [-0.05, 0) is 19.8 Å². The first-order valence-electron chi connectivity index (χ1n) is 5.15. The first-order chi connectivity index (χ1) is 6.76. The summed E-state index contributed by atoms with van der Waals surface area (Å²) in [5.74, 6) is 1.18. The first-order valence-corrected chi connectivity index (χ1v) is 6.54. The quantitative estimate of drug-likeness (QED) is 0.624. The Hall–Kier alpha value is 0.230. The highest BCUT2D eigenvalue weighted by Crippen LogP contribution is 1.99. The second-order valence-electron chi connectivity index (χ2n) is 3.39. The molecule has 0 saturated carbocycles. The van der Waals surface area contributed by atoms with Crippen LogP contribution in [-0.4, -0.2) is 63.3 Å². The molecule has 1 unspecified atom stereocenters. The number of hydrogen-bond donors (Lipinski definition) is 1. The Labute approximate surface area is 92.6 Å². The van der Waals surface area contributed by atoms with Gasteiger partial charge in [0.25, 0.3) is 0 Å². The fourth-order valence-electron chi connectivity index (χ4n) is 1.26. The molecule has 86 valence electrons. The molecule has 0 aromatic heterocycles. The number of hydrogen-bond acceptors (Lipinski definition) is 4. The lowest BCUT2D eigenvalue weighted by atomic mass is 10.2. The molecule has 1 atom stereocenters. The van der Waals surface area contributed by atoms with Gasteiger partial charge in [0.1, 0.15) is 0 Å². The third-order valence-corrected chi connectivity index (χ3v) is 2.85. The Kier molecular flexibility index (Phi) is 9.93. The fraction of sp³-hybridized carbons (Fsp3) is 1.00. The van der Waals surface area contributed by atoms with E-state index in [1.54, 1.807) is 7.11 Å². The molecular weight excluding hydrogens is 196 g/mol. The lowest BCUT2D eigenvalue weighted by molar-refractivity contribution is 0.109. The molecule has 4 heteroatoms. The summed E-state index contributed by atoms with van der Waals surface area (Å²) in [4.78, 5) is 2.36. The smallest absolute Gasteiger partial charge is 0.0630 e. The van der Waals surface area contributed by atoms with Crippen LogP contribution in [0, 0.1) is 0 Å². The maximum Gasteiger partial charge on any atom is 0.0630 e. The van der Waals surface area contributed by atoms with Gasteiger partial charge in [-0.25, -0.2) is 0 Å². The van der Waals surface area contributed by atoms with Crippen molar-refractivity contribution < 1.29 is 4.74 Å². The van der Waals surface area contributed by atoms with E-state index in [0.717, 1.165) is 26.2 Å². The second-order valence-corrected chi connectivity index (χ2v) is 4.38. The number of likely N-dealkylation sites (N-methyl/N-ethyl adjacent to an activating group) is 2. The molecule has 0 bridgehead atoms. The van der Waals surface area contributed by atoms with Crippen molar-refractivity contribution in [1.82, 2.24) is 10.2 Å². The van der Waals surface area contributed by atoms with Gasteiger partial charge in [0.05, 0.1) is 6.61 Å². The number of methoxy groups -OCH3 is 1. The minimum Gasteiger partial charge on any atom is -0.383 e. The molecule has 0 amide bonds. The molecule has 0 aliphatic carbocycles. The Bertz CT molecular complexity index is 125. The van der Waals surface area contributed by atoms with Crippen molar-refractivity contribution in [3.8, 4) is 0 Å². The summed E-state index contributed by atoms with van der Waals surface area (Å²) in [7, 11) is 3.93. The van der Waals surface area contributed by atoms with E-state index in [1.165, 1.54) is 5.75 Å². The molecular formula is C10H24N2OS. The van der Waals surface area contributed by atoms with Crippen LogP contribution >= 0.6 is 11.8 Å². The van der Waals surface area contributed by atoms with Crippen molar-refractivity contribution >= 4 is 11.8 Å². The van der Waals surface area contributed by atoms with Gasteiger partial charge in [-0.15, -0.1) is 0 Å². The molecule has 0 saturated heterocycles. The van der Waals surface area contributed by atoms with E-state index >= 15 is 0 Å². The van der Waals surface area contributed by atoms with Crippen LogP contribution in [0.4, 0.5) is 0 Å². The average molecular weight is 220 g/mol. The van der Waals surface area contributed by atoms with Gasteiger partial charge in [-0.2, -0.15) is 11.8 Å². The summed E-state index contributed by atoms with van der Waals surface area (Å²) in [5, 5.41) is 3.36. The zero-order valence-electron chi connectivity index (χ0n) is 9.88. The summed E-state index contributed by atoms with van der Waals surface area (Å²) >= 11 is 1.89. The van der Waals surface area contributed by atoms with E-state index in [0.29, 0.717) is 6.04 Å². The SMILES string of the molecule is CCNCC(COC)N(C)CCSC. The Morgan fingerprint density at radius 2 is 2.21 bits per heavy atom. The number of nitrogens with one attached hydrogen (secondary N) is 1. The molecule has 0 fully saturated rings. The number of ether oxygens (including phenoxy) is 1. The maximum atomic E-state index is 5.21. The zero-order valence-corrected chi connectivity index (χ0v) is 10.7. The maximum absolute atomic E-state index is 5.21. The third-order valence-electron chi connectivity index (χ3n) is 2.26. The average Bonchev–Trinajstić information content (AvgIpc) is 2.20. The van der Waals surface area contributed by atoms with E-state index in [9.17, 15) is 0 Å². The van der Waals surface area contributed by atoms with Gasteiger partial charge in [0, 0.05) is 32.0 Å². The molecule has 0 rings (SSSR count). The number of nitrogens with zero attached hydrogens (tertiary/aromatic N) is 1. The van der Waals surface area contributed by atoms with Crippen molar-refractivity contribution in [1.29, 1.82) is 0 Å². The summed E-state index contributed by atoms with van der Waals surface area (Å²) in [6.45, 7) is 6.09. The Morgan fingerprint density at radius 3 is 2.71 bits per heavy atom. The summed E-state index contributed by atoms with van der Waals surface area (Å²) in [5.41, 5.74) is 0. The van der Waals surface area contributed by atoms with Crippen LogP contribution in [0.3, 0.4) is 0 Å². The van der Waals surface area contributed by atoms with Crippen LogP contribution in [0.25, 0.3) is 0 Å². The van der Waals surface area contributed by atoms with Crippen molar-refractivity contribution in [2.75, 3.05) is 52.4 Å². The van der Waals surface area contributed by atoms with Gasteiger partial charge in [-0.3, -0.25) is 4.90 Å². The highest BCUT2D eigenvalue weighted by atomic mass is 32.2. The zero-order chi connectivity index (χ0) is 10.8. The standard InChI is InChI=1S/C10H24N2OS/c1-5-11-8-10(9-13-3)12(2)6-7-14-4/h10-11H,5-9H2,1-4H3. The lowest BCUT2D eigenvalue weighted by Gasteiger charge is -2.27. The van der Waals surface area contributed by atoms with Crippen molar-refractivity contribution in [3.05, 3.63) is 0 Å². The monoisotopic (exact) mass is 220 g/mol. The van der Waals surface area contributed by atoms with Crippen LogP contribution in [0.15, 0.2) is 0 Å². The topological polar surface area (TPSA) is 24.5 Å². The first kappa shape index (κ1) is 14.2. The van der Waals surface area contributed by atoms with Gasteiger partial charge < -0.3 is 10.1 Å². The summed E-state index contributed by atoms with van der Waals surface area (Å²) in [6, 6.07) is 0.493. The predicted octanol–water partition coefficient (Wildman–Crippen LogP) is 0.906. The van der Waals surface area contributed by atoms with Crippen molar-refractivity contribution in [2.24, 2.45) is 0 Å². The minimum absolute atomic E-state index is 0.493. The number of rotatable bonds is 9. The van der Waals surface area contributed by atoms with Crippen molar-refractivity contribution in [2.45, 2.75) is 13.0 Å². The molecule has 0 aromatic carbocycles. The predicted molar refractivity (Wildman–Crippen MR) is 65.2 cm³/mol. The normalized spacial score (nSPS) is 13.5. The lowest BCUT2D eigenvalue weighted by Crippen LogP contribution is -2.44.